The van der Waals surface area contributed by atoms with Gasteiger partial charge >= 0.3 is 0 Å². The van der Waals surface area contributed by atoms with E-state index in [9.17, 15) is 4.79 Å². The Labute approximate surface area is 174 Å². The zero-order valence-electron chi connectivity index (χ0n) is 19.6. The molecule has 4 rings (SSSR count). The number of Topliss-reactive ketones (excluding diaryl/α,β-unsaturated/α-hetero) is 1. The van der Waals surface area contributed by atoms with Crippen LogP contribution >= 0.6 is 0 Å². The normalized spacial score (nSPS) is 46.7. The zero-order valence-corrected chi connectivity index (χ0v) is 20.6. The Bertz CT molecular complexity index is 635. The van der Waals surface area contributed by atoms with Gasteiger partial charge in [0.1, 0.15) is 5.78 Å². The van der Waals surface area contributed by atoms with Crippen LogP contribution in [0.3, 0.4) is 0 Å². The van der Waals surface area contributed by atoms with Crippen molar-refractivity contribution in [1.29, 1.82) is 0 Å². The minimum Gasteiger partial charge on any atom is -0.414 e. The molecule has 2 unspecified atom stereocenters. The molecule has 0 saturated heterocycles. The summed E-state index contributed by atoms with van der Waals surface area (Å²) in [7, 11) is -1.68. The Morgan fingerprint density at radius 1 is 0.964 bits per heavy atom. The van der Waals surface area contributed by atoms with E-state index in [1.807, 2.05) is 0 Å². The maximum absolute atomic E-state index is 12.6. The number of carbonyl (C=O) groups is 1. The molecule has 4 aliphatic rings. The third-order valence-electron chi connectivity index (χ3n) is 10.6. The van der Waals surface area contributed by atoms with E-state index >= 15 is 0 Å². The third-order valence-corrected chi connectivity index (χ3v) is 15.1. The number of fused-ring (bicyclic) bond motifs is 5. The quantitative estimate of drug-likeness (QED) is 0.464. The minimum atomic E-state index is -1.68. The molecule has 0 aromatic heterocycles. The van der Waals surface area contributed by atoms with Crippen LogP contribution in [0.25, 0.3) is 0 Å². The summed E-state index contributed by atoms with van der Waals surface area (Å²) in [4.78, 5) is 12.6. The second-order valence-corrected chi connectivity index (χ2v) is 17.6. The number of hydrogen-bond donors (Lipinski definition) is 0. The van der Waals surface area contributed by atoms with Crippen LogP contribution in [0.4, 0.5) is 0 Å². The van der Waals surface area contributed by atoms with Gasteiger partial charge in [-0.2, -0.15) is 0 Å². The van der Waals surface area contributed by atoms with Gasteiger partial charge in [0.15, 0.2) is 8.32 Å². The van der Waals surface area contributed by atoms with Crippen molar-refractivity contribution in [3.63, 3.8) is 0 Å². The molecule has 28 heavy (non-hydrogen) atoms. The van der Waals surface area contributed by atoms with Crippen LogP contribution in [-0.2, 0) is 9.22 Å². The van der Waals surface area contributed by atoms with Crippen LogP contribution in [0.5, 0.6) is 0 Å². The molecule has 160 valence electrons. The molecule has 0 radical (unpaired) electrons. The summed E-state index contributed by atoms with van der Waals surface area (Å²) in [6, 6.07) is 0. The van der Waals surface area contributed by atoms with Crippen molar-refractivity contribution < 1.29 is 9.22 Å². The molecule has 4 fully saturated rings. The molecule has 0 bridgehead atoms. The van der Waals surface area contributed by atoms with Gasteiger partial charge in [0.05, 0.1) is 0 Å². The Morgan fingerprint density at radius 2 is 1.68 bits per heavy atom. The summed E-state index contributed by atoms with van der Waals surface area (Å²) in [6.45, 7) is 16.8. The van der Waals surface area contributed by atoms with Crippen LogP contribution in [0, 0.1) is 34.5 Å². The molecule has 2 nitrogen and oxygen atoms in total. The second-order valence-electron chi connectivity index (χ2n) is 12.8. The first-order valence-electron chi connectivity index (χ1n) is 12.1. The van der Waals surface area contributed by atoms with Crippen LogP contribution in [0.1, 0.15) is 92.4 Å². The second kappa shape index (κ2) is 6.67. The Hall–Kier alpha value is -0.153. The first-order chi connectivity index (χ1) is 12.9. The lowest BCUT2D eigenvalue weighted by molar-refractivity contribution is -0.141. The highest BCUT2D eigenvalue weighted by molar-refractivity contribution is 6.74. The average Bonchev–Trinajstić information content (AvgIpc) is 2.89. The highest BCUT2D eigenvalue weighted by Gasteiger charge is 2.60. The standard InChI is InChI=1S/C25H44O2Si/c1-23(2,3)28(6,7)27-18-12-14-24(4)17(16-18)8-9-19-20-10-11-22(26)25(20,5)15-13-21(19)24/h17-21H,8-16H2,1-7H3/t17?,18-,19-,20?,21-,24-,25-/m0/s1. The van der Waals surface area contributed by atoms with Crippen molar-refractivity contribution >= 4 is 14.1 Å². The van der Waals surface area contributed by atoms with E-state index in [0.717, 1.165) is 30.6 Å². The maximum Gasteiger partial charge on any atom is 0.192 e. The molecule has 0 N–H and O–H groups in total. The molecular weight excluding hydrogens is 360 g/mol. The van der Waals surface area contributed by atoms with Crippen LogP contribution in [0.2, 0.25) is 18.1 Å². The lowest BCUT2D eigenvalue weighted by Gasteiger charge is -2.60. The van der Waals surface area contributed by atoms with Crippen LogP contribution in [0.15, 0.2) is 0 Å². The van der Waals surface area contributed by atoms with E-state index in [1.54, 1.807) is 0 Å². The number of rotatable bonds is 2. The monoisotopic (exact) mass is 404 g/mol. The van der Waals surface area contributed by atoms with Gasteiger partial charge in [0, 0.05) is 17.9 Å². The lowest BCUT2D eigenvalue weighted by Crippen LogP contribution is -2.55. The van der Waals surface area contributed by atoms with Crippen molar-refractivity contribution in [3.05, 3.63) is 0 Å². The van der Waals surface area contributed by atoms with Gasteiger partial charge in [-0.15, -0.1) is 0 Å². The summed E-state index contributed by atoms with van der Waals surface area (Å²) in [6.07, 6.45) is 11.6. The average molecular weight is 405 g/mol. The molecule has 0 spiro atoms. The minimum absolute atomic E-state index is 0.0208. The number of carbonyl (C=O) groups excluding carboxylic acids is 1. The van der Waals surface area contributed by atoms with Crippen molar-refractivity contribution in [2.45, 2.75) is 117 Å². The lowest BCUT2D eigenvalue weighted by atomic mass is 9.45. The Morgan fingerprint density at radius 3 is 2.36 bits per heavy atom. The summed E-state index contributed by atoms with van der Waals surface area (Å²) in [5, 5.41) is 0.300. The van der Waals surface area contributed by atoms with Crippen LogP contribution in [-0.4, -0.2) is 20.2 Å². The SMILES string of the molecule is CC(C)(C)[Si](C)(C)O[C@H]1CC[C@@]2(C)C(CC[C@H]3C4CCC(=O)[C@@]4(C)CC[C@@H]32)C1. The topological polar surface area (TPSA) is 26.3 Å². The van der Waals surface area contributed by atoms with E-state index in [0.29, 0.717) is 28.3 Å². The van der Waals surface area contributed by atoms with Gasteiger partial charge in [-0.05, 0) is 98.6 Å². The highest BCUT2D eigenvalue weighted by Crippen LogP contribution is 2.65. The van der Waals surface area contributed by atoms with Gasteiger partial charge in [-0.3, -0.25) is 4.79 Å². The first-order valence-corrected chi connectivity index (χ1v) is 15.0. The van der Waals surface area contributed by atoms with E-state index < -0.39 is 8.32 Å². The van der Waals surface area contributed by atoms with E-state index in [4.69, 9.17) is 4.43 Å². The molecule has 0 amide bonds. The largest absolute Gasteiger partial charge is 0.414 e. The molecule has 7 atom stereocenters. The first kappa shape index (κ1) is 21.1. The molecule has 4 saturated carbocycles. The Kier molecular flexibility index (Phi) is 5.03. The van der Waals surface area contributed by atoms with Crippen molar-refractivity contribution in [2.24, 2.45) is 34.5 Å². The molecular formula is C25H44O2Si. The number of hydrogen-bond acceptors (Lipinski definition) is 2. The van der Waals surface area contributed by atoms with Crippen molar-refractivity contribution in [1.82, 2.24) is 0 Å². The predicted octanol–water partition coefficient (Wildman–Crippen LogP) is 6.99. The van der Waals surface area contributed by atoms with Crippen LogP contribution < -0.4 is 0 Å². The smallest absolute Gasteiger partial charge is 0.192 e. The van der Waals surface area contributed by atoms with Gasteiger partial charge < -0.3 is 4.43 Å². The third kappa shape index (κ3) is 3.09. The van der Waals surface area contributed by atoms with Crippen molar-refractivity contribution in [3.8, 4) is 0 Å². The fourth-order valence-electron chi connectivity index (χ4n) is 7.69. The molecule has 4 aliphatic carbocycles. The van der Waals surface area contributed by atoms with Gasteiger partial charge in [-0.25, -0.2) is 0 Å². The summed E-state index contributed by atoms with van der Waals surface area (Å²) in [5.41, 5.74) is 0.510. The molecule has 0 heterocycles. The van der Waals surface area contributed by atoms with Gasteiger partial charge in [0.2, 0.25) is 0 Å². The zero-order chi connectivity index (χ0) is 20.5. The fourth-order valence-corrected chi connectivity index (χ4v) is 9.09. The van der Waals surface area contributed by atoms with Crippen molar-refractivity contribution in [2.75, 3.05) is 0 Å². The summed E-state index contributed by atoms with van der Waals surface area (Å²) >= 11 is 0. The van der Waals surface area contributed by atoms with Gasteiger partial charge in [-0.1, -0.05) is 34.6 Å². The molecule has 0 aromatic carbocycles. The maximum atomic E-state index is 12.6. The highest BCUT2D eigenvalue weighted by atomic mass is 28.4. The summed E-state index contributed by atoms with van der Waals surface area (Å²) in [5.74, 6) is 3.75. The molecule has 0 aliphatic heterocycles. The summed E-state index contributed by atoms with van der Waals surface area (Å²) < 4.78 is 6.87. The molecule has 0 aromatic rings. The predicted molar refractivity (Wildman–Crippen MR) is 119 cm³/mol. The van der Waals surface area contributed by atoms with E-state index in [2.05, 4.69) is 47.7 Å². The van der Waals surface area contributed by atoms with Gasteiger partial charge in [0.25, 0.3) is 0 Å². The van der Waals surface area contributed by atoms with E-state index in [1.165, 1.54) is 44.9 Å². The Balaban J connectivity index is 1.48. The van der Waals surface area contributed by atoms with E-state index in [-0.39, 0.29) is 5.41 Å². The molecule has 3 heteroatoms. The number of ketones is 1. The fraction of sp³-hybridized carbons (Fsp3) is 0.960.